The van der Waals surface area contributed by atoms with Crippen molar-refractivity contribution >= 4 is 16.7 Å². The molecule has 2 N–H and O–H groups in total. The molecule has 102 valence electrons. The largest absolute Gasteiger partial charge is 0.394 e. The number of hydrogen-bond donors (Lipinski definition) is 2. The Hall–Kier alpha value is -1.53. The van der Waals surface area contributed by atoms with E-state index in [1.54, 1.807) is 12.4 Å². The second-order valence-corrected chi connectivity index (χ2v) is 5.53. The van der Waals surface area contributed by atoms with Gasteiger partial charge in [0.25, 0.3) is 0 Å². The van der Waals surface area contributed by atoms with Crippen LogP contribution in [-0.2, 0) is 6.42 Å². The quantitative estimate of drug-likeness (QED) is 0.848. The van der Waals surface area contributed by atoms with Crippen LogP contribution in [0.5, 0.6) is 0 Å². The molecule has 0 saturated heterocycles. The Morgan fingerprint density at radius 3 is 2.89 bits per heavy atom. The highest BCUT2D eigenvalue weighted by Crippen LogP contribution is 2.20. The summed E-state index contributed by atoms with van der Waals surface area (Å²) in [6.45, 7) is 4.27. The van der Waals surface area contributed by atoms with Crippen LogP contribution in [0.1, 0.15) is 31.3 Å². The van der Waals surface area contributed by atoms with Crippen LogP contribution in [0.15, 0.2) is 24.5 Å². The fourth-order valence-corrected chi connectivity index (χ4v) is 2.37. The van der Waals surface area contributed by atoms with Crippen LogP contribution in [-0.4, -0.2) is 26.1 Å². The molecular weight excluding hydrogens is 260 g/mol. The Kier molecular flexibility index (Phi) is 4.81. The zero-order chi connectivity index (χ0) is 13.7. The normalized spacial score (nSPS) is 12.6. The number of nitrogens with one attached hydrogen (secondary N) is 1. The van der Waals surface area contributed by atoms with Gasteiger partial charge in [-0.05, 0) is 17.5 Å². The van der Waals surface area contributed by atoms with Gasteiger partial charge in [-0.25, -0.2) is 4.98 Å². The average Bonchev–Trinajstić information content (AvgIpc) is 2.83. The maximum atomic E-state index is 9.46. The first-order valence-electron chi connectivity index (χ1n) is 6.29. The summed E-state index contributed by atoms with van der Waals surface area (Å²) in [6.07, 6.45) is 4.32. The summed E-state index contributed by atoms with van der Waals surface area (Å²) >= 11 is 1.33. The molecule has 6 heteroatoms. The zero-order valence-corrected chi connectivity index (χ0v) is 11.9. The average molecular weight is 278 g/mol. The maximum absolute atomic E-state index is 9.46. The molecule has 2 aromatic heterocycles. The second-order valence-electron chi connectivity index (χ2n) is 4.78. The second kappa shape index (κ2) is 6.58. The minimum absolute atomic E-state index is 0.00914. The molecule has 19 heavy (non-hydrogen) atoms. The van der Waals surface area contributed by atoms with Gasteiger partial charge in [-0.1, -0.05) is 19.9 Å². The predicted molar refractivity (Wildman–Crippen MR) is 76.1 cm³/mol. The molecular formula is C13H18N4OS. The van der Waals surface area contributed by atoms with E-state index in [9.17, 15) is 5.11 Å². The minimum Gasteiger partial charge on any atom is -0.394 e. The van der Waals surface area contributed by atoms with Crippen LogP contribution in [0.3, 0.4) is 0 Å². The monoisotopic (exact) mass is 278 g/mol. The van der Waals surface area contributed by atoms with E-state index < -0.39 is 0 Å². The summed E-state index contributed by atoms with van der Waals surface area (Å²) in [4.78, 5) is 8.48. The summed E-state index contributed by atoms with van der Waals surface area (Å²) in [5.41, 5.74) is 0.936. The molecule has 0 fully saturated rings. The van der Waals surface area contributed by atoms with Gasteiger partial charge in [-0.3, -0.25) is 4.98 Å². The van der Waals surface area contributed by atoms with Gasteiger partial charge in [0.05, 0.1) is 12.6 Å². The van der Waals surface area contributed by atoms with Crippen molar-refractivity contribution in [3.8, 4) is 0 Å². The maximum Gasteiger partial charge on any atom is 0.203 e. The van der Waals surface area contributed by atoms with E-state index >= 15 is 0 Å². The van der Waals surface area contributed by atoms with Crippen molar-refractivity contribution < 1.29 is 5.11 Å². The van der Waals surface area contributed by atoms with E-state index in [1.807, 2.05) is 12.1 Å². The van der Waals surface area contributed by atoms with Crippen LogP contribution in [0, 0.1) is 5.92 Å². The first-order valence-corrected chi connectivity index (χ1v) is 7.06. The van der Waals surface area contributed by atoms with E-state index in [2.05, 4.69) is 33.5 Å². The molecule has 0 aliphatic heterocycles. The molecule has 0 aliphatic carbocycles. The first kappa shape index (κ1) is 13.9. The predicted octanol–water partition coefficient (Wildman–Crippen LogP) is 2.28. The number of aromatic nitrogens is 3. The van der Waals surface area contributed by atoms with Crippen LogP contribution in [0.2, 0.25) is 0 Å². The first-order chi connectivity index (χ1) is 9.19. The van der Waals surface area contributed by atoms with Gasteiger partial charge >= 0.3 is 0 Å². The summed E-state index contributed by atoms with van der Waals surface area (Å²) in [6, 6.07) is 3.58. The van der Waals surface area contributed by atoms with Crippen LogP contribution < -0.4 is 5.32 Å². The smallest absolute Gasteiger partial charge is 0.203 e. The third kappa shape index (κ3) is 3.97. The van der Waals surface area contributed by atoms with Gasteiger partial charge in [-0.15, -0.1) is 0 Å². The minimum atomic E-state index is -0.200. The van der Waals surface area contributed by atoms with Crippen molar-refractivity contribution in [3.05, 3.63) is 35.9 Å². The van der Waals surface area contributed by atoms with Crippen molar-refractivity contribution in [3.63, 3.8) is 0 Å². The number of anilines is 1. The highest BCUT2D eigenvalue weighted by Gasteiger charge is 2.13. The zero-order valence-electron chi connectivity index (χ0n) is 11.1. The molecule has 2 rings (SSSR count). The lowest BCUT2D eigenvalue weighted by molar-refractivity contribution is 0.276. The molecule has 0 aromatic carbocycles. The molecule has 0 aliphatic rings. The van der Waals surface area contributed by atoms with E-state index in [4.69, 9.17) is 0 Å². The number of aliphatic hydroxyl groups excluding tert-OH is 1. The van der Waals surface area contributed by atoms with Gasteiger partial charge in [0.2, 0.25) is 5.13 Å². The van der Waals surface area contributed by atoms with Gasteiger partial charge in [0.1, 0.15) is 5.82 Å². The third-order valence-electron chi connectivity index (χ3n) is 2.63. The van der Waals surface area contributed by atoms with Crippen LogP contribution >= 0.6 is 11.5 Å². The molecule has 1 atom stereocenters. The van der Waals surface area contributed by atoms with Crippen molar-refractivity contribution in [1.82, 2.24) is 14.3 Å². The fourth-order valence-electron chi connectivity index (χ4n) is 1.73. The lowest BCUT2D eigenvalue weighted by Crippen LogP contribution is -2.14. The number of rotatable bonds is 6. The van der Waals surface area contributed by atoms with E-state index in [0.717, 1.165) is 22.9 Å². The highest BCUT2D eigenvalue weighted by atomic mass is 32.1. The number of hydrogen-bond acceptors (Lipinski definition) is 6. The number of nitrogens with zero attached hydrogens (tertiary/aromatic N) is 3. The highest BCUT2D eigenvalue weighted by molar-refractivity contribution is 7.09. The molecule has 5 nitrogen and oxygen atoms in total. The summed E-state index contributed by atoms with van der Waals surface area (Å²) in [7, 11) is 0. The van der Waals surface area contributed by atoms with Crippen LogP contribution in [0.4, 0.5) is 5.13 Å². The third-order valence-corrected chi connectivity index (χ3v) is 3.31. The molecule has 0 saturated carbocycles. The Labute approximate surface area is 116 Å². The number of pyridine rings is 1. The van der Waals surface area contributed by atoms with Crippen molar-refractivity contribution in [2.45, 2.75) is 26.3 Å². The van der Waals surface area contributed by atoms with Gasteiger partial charge in [0, 0.05) is 30.3 Å². The van der Waals surface area contributed by atoms with Gasteiger partial charge in [-0.2, -0.15) is 4.37 Å². The topological polar surface area (TPSA) is 70.9 Å². The summed E-state index contributed by atoms with van der Waals surface area (Å²) in [5.74, 6) is 1.39. The molecule has 2 aromatic rings. The van der Waals surface area contributed by atoms with Crippen molar-refractivity contribution in [1.29, 1.82) is 0 Å². The van der Waals surface area contributed by atoms with E-state index in [-0.39, 0.29) is 12.6 Å². The Balaban J connectivity index is 2.04. The summed E-state index contributed by atoms with van der Waals surface area (Å²) in [5, 5.41) is 13.4. The van der Waals surface area contributed by atoms with Gasteiger partial charge < -0.3 is 10.4 Å². The molecule has 0 spiro atoms. The van der Waals surface area contributed by atoms with E-state index in [1.165, 1.54) is 11.5 Å². The molecule has 0 bridgehead atoms. The van der Waals surface area contributed by atoms with Crippen molar-refractivity contribution in [2.24, 2.45) is 5.92 Å². The fraction of sp³-hybridized carbons (Fsp3) is 0.462. The van der Waals surface area contributed by atoms with E-state index in [0.29, 0.717) is 5.92 Å². The molecule has 0 radical (unpaired) electrons. The Bertz CT molecular complexity index is 500. The lowest BCUT2D eigenvalue weighted by atomic mass is 10.1. The standard InChI is InChI=1S/C13H18N4OS/c1-9(2)6-12-16-13(19-17-12)15-11(8-18)10-4-3-5-14-7-10/h3-5,7,9,11,18H,6,8H2,1-2H3,(H,15,16,17). The SMILES string of the molecule is CC(C)Cc1nsc(NC(CO)c2cccnc2)n1. The summed E-state index contributed by atoms with van der Waals surface area (Å²) < 4.78 is 4.31. The Morgan fingerprint density at radius 1 is 1.42 bits per heavy atom. The van der Waals surface area contributed by atoms with Gasteiger partial charge in [0.15, 0.2) is 0 Å². The van der Waals surface area contributed by atoms with Crippen molar-refractivity contribution in [2.75, 3.05) is 11.9 Å². The van der Waals surface area contributed by atoms with Crippen LogP contribution in [0.25, 0.3) is 0 Å². The molecule has 1 unspecified atom stereocenters. The molecule has 2 heterocycles. The molecule has 0 amide bonds. The lowest BCUT2D eigenvalue weighted by Gasteiger charge is -2.14. The Morgan fingerprint density at radius 2 is 2.26 bits per heavy atom. The number of aliphatic hydroxyl groups is 1.